The number of nitrogens with one attached hydrogen (secondary N) is 2. The molecule has 0 heterocycles. The molecule has 3 nitrogen and oxygen atoms in total. The van der Waals surface area contributed by atoms with Gasteiger partial charge in [-0.1, -0.05) is 68.4 Å². The number of rotatable bonds is 7. The number of hydrogen-bond donors (Lipinski definition) is 2. The summed E-state index contributed by atoms with van der Waals surface area (Å²) in [5.74, 6) is 0.547. The maximum Gasteiger partial charge on any atom is 0.228 e. The van der Waals surface area contributed by atoms with Gasteiger partial charge in [-0.3, -0.25) is 4.79 Å². The van der Waals surface area contributed by atoms with Gasteiger partial charge in [0.1, 0.15) is 0 Å². The van der Waals surface area contributed by atoms with E-state index in [-0.39, 0.29) is 5.91 Å². The van der Waals surface area contributed by atoms with Crippen LogP contribution in [0.4, 0.5) is 11.4 Å². The van der Waals surface area contributed by atoms with Crippen molar-refractivity contribution in [1.29, 1.82) is 0 Å². The number of carbonyl (C=O) groups is 1. The van der Waals surface area contributed by atoms with E-state index in [9.17, 15) is 4.79 Å². The number of para-hydroxylation sites is 1. The van der Waals surface area contributed by atoms with Crippen molar-refractivity contribution in [1.82, 2.24) is 0 Å². The van der Waals surface area contributed by atoms with Gasteiger partial charge in [-0.15, -0.1) is 0 Å². The first-order valence-corrected chi connectivity index (χ1v) is 9.37. The van der Waals surface area contributed by atoms with Crippen LogP contribution in [0, 0.1) is 0 Å². The smallest absolute Gasteiger partial charge is 0.228 e. The van der Waals surface area contributed by atoms with Gasteiger partial charge in [-0.25, -0.2) is 0 Å². The quantitative estimate of drug-likeness (QED) is 0.577. The van der Waals surface area contributed by atoms with Gasteiger partial charge in [0.05, 0.1) is 6.42 Å². The molecule has 0 unspecified atom stereocenters. The lowest BCUT2D eigenvalue weighted by molar-refractivity contribution is -0.115. The highest BCUT2D eigenvalue weighted by molar-refractivity contribution is 5.92. The second-order valence-electron chi connectivity index (χ2n) is 7.04. The summed E-state index contributed by atoms with van der Waals surface area (Å²) in [6.07, 6.45) is 0.367. The van der Waals surface area contributed by atoms with Crippen LogP contribution in [0.25, 0.3) is 0 Å². The Balaban J connectivity index is 1.50. The number of carbonyl (C=O) groups excluding carboxylic acids is 1. The van der Waals surface area contributed by atoms with Crippen LogP contribution in [0.3, 0.4) is 0 Å². The molecule has 0 aliphatic rings. The summed E-state index contributed by atoms with van der Waals surface area (Å²) < 4.78 is 0. The molecule has 3 rings (SSSR count). The third-order valence-corrected chi connectivity index (χ3v) is 4.52. The lowest BCUT2D eigenvalue weighted by atomic mass is 10.0. The van der Waals surface area contributed by atoms with Crippen LogP contribution in [-0.4, -0.2) is 5.91 Å². The lowest BCUT2D eigenvalue weighted by Gasteiger charge is -2.10. The highest BCUT2D eigenvalue weighted by atomic mass is 16.1. The fourth-order valence-corrected chi connectivity index (χ4v) is 2.88. The molecule has 3 aromatic rings. The van der Waals surface area contributed by atoms with Crippen LogP contribution in [0.2, 0.25) is 0 Å². The Kier molecular flexibility index (Phi) is 6.26. The molecule has 0 spiro atoms. The number of amides is 1. The zero-order valence-electron chi connectivity index (χ0n) is 15.9. The van der Waals surface area contributed by atoms with E-state index in [1.54, 1.807) is 0 Å². The maximum absolute atomic E-state index is 12.1. The summed E-state index contributed by atoms with van der Waals surface area (Å²) in [7, 11) is 0. The second-order valence-corrected chi connectivity index (χ2v) is 7.04. The lowest BCUT2D eigenvalue weighted by Crippen LogP contribution is -2.14. The molecular formula is C24H26N2O. The van der Waals surface area contributed by atoms with Crippen molar-refractivity contribution in [3.8, 4) is 0 Å². The fourth-order valence-electron chi connectivity index (χ4n) is 2.88. The van der Waals surface area contributed by atoms with Gasteiger partial charge in [0, 0.05) is 17.9 Å². The van der Waals surface area contributed by atoms with Gasteiger partial charge < -0.3 is 10.6 Å². The van der Waals surface area contributed by atoms with Crippen molar-refractivity contribution in [2.24, 2.45) is 0 Å². The van der Waals surface area contributed by atoms with Gasteiger partial charge in [0.15, 0.2) is 0 Å². The Hall–Kier alpha value is -3.07. The summed E-state index contributed by atoms with van der Waals surface area (Å²) >= 11 is 0. The summed E-state index contributed by atoms with van der Waals surface area (Å²) in [5.41, 5.74) is 5.48. The van der Waals surface area contributed by atoms with E-state index in [1.165, 1.54) is 11.1 Å². The molecule has 0 atom stereocenters. The van der Waals surface area contributed by atoms with E-state index in [1.807, 2.05) is 54.6 Å². The molecule has 0 bridgehead atoms. The van der Waals surface area contributed by atoms with Crippen LogP contribution < -0.4 is 10.6 Å². The summed E-state index contributed by atoms with van der Waals surface area (Å²) in [5, 5.41) is 6.34. The standard InChI is InChI=1S/C24H26N2O/c1-18(2)21-12-8-20(9-13-21)17-25-22-14-10-19(11-15-22)16-24(27)26-23-6-4-3-5-7-23/h3-15,18,25H,16-17H2,1-2H3,(H,26,27). The van der Waals surface area contributed by atoms with E-state index < -0.39 is 0 Å². The Morgan fingerprint density at radius 3 is 2.04 bits per heavy atom. The largest absolute Gasteiger partial charge is 0.381 e. The van der Waals surface area contributed by atoms with E-state index in [2.05, 4.69) is 48.7 Å². The molecule has 0 aliphatic carbocycles. The van der Waals surface area contributed by atoms with Gasteiger partial charge >= 0.3 is 0 Å². The molecular weight excluding hydrogens is 332 g/mol. The minimum absolute atomic E-state index is 0.00727. The molecule has 0 aromatic heterocycles. The predicted octanol–water partition coefficient (Wildman–Crippen LogP) is 5.60. The fraction of sp³-hybridized carbons (Fsp3) is 0.208. The zero-order chi connectivity index (χ0) is 19.1. The Labute approximate surface area is 161 Å². The first kappa shape index (κ1) is 18.7. The summed E-state index contributed by atoms with van der Waals surface area (Å²) in [6.45, 7) is 5.19. The highest BCUT2D eigenvalue weighted by Gasteiger charge is 2.04. The van der Waals surface area contributed by atoms with E-state index >= 15 is 0 Å². The van der Waals surface area contributed by atoms with Crippen molar-refractivity contribution < 1.29 is 4.79 Å². The average Bonchev–Trinajstić information content (AvgIpc) is 2.68. The Bertz CT molecular complexity index is 853. The van der Waals surface area contributed by atoms with E-state index in [0.717, 1.165) is 23.5 Å². The van der Waals surface area contributed by atoms with Crippen LogP contribution in [0.1, 0.15) is 36.5 Å². The van der Waals surface area contributed by atoms with Crippen LogP contribution >= 0.6 is 0 Å². The van der Waals surface area contributed by atoms with Gasteiger partial charge in [0.2, 0.25) is 5.91 Å². The molecule has 0 saturated carbocycles. The average molecular weight is 358 g/mol. The number of anilines is 2. The molecule has 2 N–H and O–H groups in total. The van der Waals surface area contributed by atoms with Gasteiger partial charge in [0.25, 0.3) is 0 Å². The van der Waals surface area contributed by atoms with Crippen molar-refractivity contribution in [3.63, 3.8) is 0 Å². The van der Waals surface area contributed by atoms with Crippen LogP contribution in [0.15, 0.2) is 78.9 Å². The maximum atomic E-state index is 12.1. The monoisotopic (exact) mass is 358 g/mol. The van der Waals surface area contributed by atoms with Crippen molar-refractivity contribution in [2.45, 2.75) is 32.7 Å². The number of hydrogen-bond acceptors (Lipinski definition) is 2. The molecule has 3 aromatic carbocycles. The molecule has 27 heavy (non-hydrogen) atoms. The molecule has 138 valence electrons. The minimum Gasteiger partial charge on any atom is -0.381 e. The summed E-state index contributed by atoms with van der Waals surface area (Å²) in [6, 6.07) is 26.3. The van der Waals surface area contributed by atoms with Crippen molar-refractivity contribution >= 4 is 17.3 Å². The van der Waals surface area contributed by atoms with Crippen molar-refractivity contribution in [3.05, 3.63) is 95.6 Å². The third kappa shape index (κ3) is 5.71. The topological polar surface area (TPSA) is 41.1 Å². The molecule has 3 heteroatoms. The predicted molar refractivity (Wildman–Crippen MR) is 113 cm³/mol. The molecule has 0 fully saturated rings. The van der Waals surface area contributed by atoms with Crippen LogP contribution in [0.5, 0.6) is 0 Å². The first-order valence-electron chi connectivity index (χ1n) is 9.37. The Morgan fingerprint density at radius 2 is 1.41 bits per heavy atom. The van der Waals surface area contributed by atoms with E-state index in [0.29, 0.717) is 12.3 Å². The summed E-state index contributed by atoms with van der Waals surface area (Å²) in [4.78, 5) is 12.1. The van der Waals surface area contributed by atoms with Crippen LogP contribution in [-0.2, 0) is 17.8 Å². The molecule has 0 radical (unpaired) electrons. The number of benzene rings is 3. The first-order chi connectivity index (χ1) is 13.1. The second kappa shape index (κ2) is 9.04. The highest BCUT2D eigenvalue weighted by Crippen LogP contribution is 2.16. The molecule has 0 saturated heterocycles. The third-order valence-electron chi connectivity index (χ3n) is 4.52. The zero-order valence-corrected chi connectivity index (χ0v) is 15.9. The molecule has 0 aliphatic heterocycles. The minimum atomic E-state index is -0.00727. The normalized spacial score (nSPS) is 10.6. The SMILES string of the molecule is CC(C)c1ccc(CNc2ccc(CC(=O)Nc3ccccc3)cc2)cc1. The molecule has 1 amide bonds. The van der Waals surface area contributed by atoms with Crippen molar-refractivity contribution in [2.75, 3.05) is 10.6 Å². The Morgan fingerprint density at radius 1 is 0.778 bits per heavy atom. The van der Waals surface area contributed by atoms with E-state index in [4.69, 9.17) is 0 Å². The van der Waals surface area contributed by atoms with Gasteiger partial charge in [-0.2, -0.15) is 0 Å². The van der Waals surface area contributed by atoms with Gasteiger partial charge in [-0.05, 0) is 46.9 Å².